The maximum atomic E-state index is 10.7. The van der Waals surface area contributed by atoms with E-state index in [0.29, 0.717) is 0 Å². The second-order valence-electron chi connectivity index (χ2n) is 1.83. The van der Waals surface area contributed by atoms with Gasteiger partial charge in [0.25, 0.3) is 11.1 Å². The molecule has 1 atom stereocenters. The molecule has 3 nitrogen and oxygen atoms in total. The van der Waals surface area contributed by atoms with E-state index in [-0.39, 0.29) is 11.1 Å². The third kappa shape index (κ3) is 1.21. The Morgan fingerprint density at radius 1 is 1.67 bits per heavy atom. The van der Waals surface area contributed by atoms with Crippen LogP contribution >= 0.6 is 24.4 Å². The van der Waals surface area contributed by atoms with E-state index in [1.54, 1.807) is 6.92 Å². The molecule has 0 spiro atoms. The molecule has 1 saturated heterocycles. The number of thiol groups is 1. The quantitative estimate of drug-likeness (QED) is 0.514. The zero-order valence-corrected chi connectivity index (χ0v) is 6.38. The molecule has 2 amide bonds. The van der Waals surface area contributed by atoms with E-state index >= 15 is 0 Å². The molecule has 50 valence electrons. The molecule has 5 heteroatoms. The number of hydrogen-bond donors (Lipinski definition) is 2. The van der Waals surface area contributed by atoms with Crippen LogP contribution in [0, 0.1) is 0 Å². The van der Waals surface area contributed by atoms with Gasteiger partial charge in [0.05, 0.1) is 0 Å². The lowest BCUT2D eigenvalue weighted by Crippen LogP contribution is -2.28. The van der Waals surface area contributed by atoms with E-state index in [1.165, 1.54) is 0 Å². The average Bonchev–Trinajstić information content (AvgIpc) is 1.79. The molecule has 1 aliphatic rings. The Hall–Kier alpha value is -0.160. The first-order valence-electron chi connectivity index (χ1n) is 2.29. The Labute approximate surface area is 62.0 Å². The van der Waals surface area contributed by atoms with Gasteiger partial charge in [-0.05, 0) is 18.7 Å². The van der Waals surface area contributed by atoms with Crippen molar-refractivity contribution in [1.82, 2.24) is 5.32 Å². The molecule has 0 bridgehead atoms. The minimum Gasteiger partial charge on any atom is -0.285 e. The van der Waals surface area contributed by atoms with E-state index in [9.17, 15) is 9.59 Å². The number of nitrogens with one attached hydrogen (secondary N) is 1. The van der Waals surface area contributed by atoms with Crippen LogP contribution in [0.25, 0.3) is 0 Å². The Kier molecular flexibility index (Phi) is 1.48. The zero-order valence-electron chi connectivity index (χ0n) is 4.67. The highest BCUT2D eigenvalue weighted by Gasteiger charge is 2.40. The largest absolute Gasteiger partial charge is 0.287 e. The summed E-state index contributed by atoms with van der Waals surface area (Å²) in [5.41, 5.74) is 0. The lowest BCUT2D eigenvalue weighted by Gasteiger charge is -2.06. The monoisotopic (exact) mass is 163 g/mol. The Morgan fingerprint density at radius 2 is 2.22 bits per heavy atom. The molecule has 0 aliphatic carbocycles. The van der Waals surface area contributed by atoms with Crippen LogP contribution < -0.4 is 5.32 Å². The zero-order chi connectivity index (χ0) is 7.07. The van der Waals surface area contributed by atoms with E-state index in [0.717, 1.165) is 11.8 Å². The van der Waals surface area contributed by atoms with Crippen LogP contribution in [0.1, 0.15) is 6.92 Å². The highest BCUT2D eigenvalue weighted by molar-refractivity contribution is 8.23. The van der Waals surface area contributed by atoms with Crippen molar-refractivity contribution in [2.75, 3.05) is 0 Å². The fourth-order valence-corrected chi connectivity index (χ4v) is 1.41. The summed E-state index contributed by atoms with van der Waals surface area (Å²) in [5.74, 6) is -0.333. The summed E-state index contributed by atoms with van der Waals surface area (Å²) in [7, 11) is 0. The molecule has 0 aromatic rings. The number of amides is 2. The Morgan fingerprint density at radius 3 is 2.33 bits per heavy atom. The van der Waals surface area contributed by atoms with Crippen molar-refractivity contribution in [3.8, 4) is 0 Å². The van der Waals surface area contributed by atoms with Crippen molar-refractivity contribution < 1.29 is 9.59 Å². The Balaban J connectivity index is 2.81. The van der Waals surface area contributed by atoms with Crippen LogP contribution in [0.15, 0.2) is 0 Å². The summed E-state index contributed by atoms with van der Waals surface area (Å²) in [6, 6.07) is 0. The van der Waals surface area contributed by atoms with Gasteiger partial charge < -0.3 is 0 Å². The fraction of sp³-hybridized carbons (Fsp3) is 0.500. The van der Waals surface area contributed by atoms with Gasteiger partial charge >= 0.3 is 0 Å². The van der Waals surface area contributed by atoms with Crippen molar-refractivity contribution >= 4 is 35.5 Å². The highest BCUT2D eigenvalue weighted by Crippen LogP contribution is 2.34. The van der Waals surface area contributed by atoms with Crippen molar-refractivity contribution in [1.29, 1.82) is 0 Å². The summed E-state index contributed by atoms with van der Waals surface area (Å²) in [4.78, 5) is 21.1. The van der Waals surface area contributed by atoms with Crippen LogP contribution in [0.3, 0.4) is 0 Å². The molecule has 1 unspecified atom stereocenters. The van der Waals surface area contributed by atoms with E-state index in [2.05, 4.69) is 17.9 Å². The van der Waals surface area contributed by atoms with E-state index < -0.39 is 4.08 Å². The number of rotatable bonds is 0. The summed E-state index contributed by atoms with van der Waals surface area (Å²) in [6.07, 6.45) is 0. The molecule has 0 aromatic carbocycles. The first-order valence-corrected chi connectivity index (χ1v) is 3.55. The average molecular weight is 163 g/mol. The van der Waals surface area contributed by atoms with Crippen LogP contribution in [0.5, 0.6) is 0 Å². The molecule has 0 saturated carbocycles. The maximum absolute atomic E-state index is 10.7. The first kappa shape index (κ1) is 6.95. The predicted octanol–water partition coefficient (Wildman–Crippen LogP) is 0.615. The molecule has 1 rings (SSSR count). The molecular formula is C4H5NO2S2. The number of thioether (sulfide) groups is 1. The van der Waals surface area contributed by atoms with Gasteiger partial charge in [-0.15, -0.1) is 0 Å². The molecule has 0 radical (unpaired) electrons. The van der Waals surface area contributed by atoms with Gasteiger partial charge in [-0.2, -0.15) is 12.6 Å². The van der Waals surface area contributed by atoms with Crippen LogP contribution in [0.4, 0.5) is 4.79 Å². The van der Waals surface area contributed by atoms with E-state index in [1.807, 2.05) is 0 Å². The summed E-state index contributed by atoms with van der Waals surface area (Å²) < 4.78 is -0.864. The summed E-state index contributed by atoms with van der Waals surface area (Å²) >= 11 is 4.83. The van der Waals surface area contributed by atoms with Crippen molar-refractivity contribution in [2.45, 2.75) is 11.0 Å². The Bertz CT molecular complexity index is 177. The molecule has 0 aromatic heterocycles. The molecule has 1 N–H and O–H groups in total. The smallest absolute Gasteiger partial charge is 0.285 e. The molecule has 1 fully saturated rings. The minimum absolute atomic E-state index is 0.322. The standard InChI is InChI=1S/C4H5NO2S2/c1-4(8)2(6)5-3(7)9-4/h8H,1H3,(H,5,6,7). The van der Waals surface area contributed by atoms with Gasteiger partial charge in [0.15, 0.2) is 0 Å². The van der Waals surface area contributed by atoms with Gasteiger partial charge in [-0.3, -0.25) is 14.9 Å². The third-order valence-electron chi connectivity index (χ3n) is 0.928. The van der Waals surface area contributed by atoms with Gasteiger partial charge in [0, 0.05) is 0 Å². The van der Waals surface area contributed by atoms with Crippen LogP contribution in [-0.2, 0) is 4.79 Å². The predicted molar refractivity (Wildman–Crippen MR) is 38.5 cm³/mol. The number of carbonyl (C=O) groups is 2. The summed E-state index contributed by atoms with van der Waals surface area (Å²) in [5, 5.41) is 1.79. The van der Waals surface area contributed by atoms with Crippen LogP contribution in [0.2, 0.25) is 0 Å². The lowest BCUT2D eigenvalue weighted by molar-refractivity contribution is -0.119. The topological polar surface area (TPSA) is 46.2 Å². The number of imide groups is 1. The van der Waals surface area contributed by atoms with Gasteiger partial charge in [-0.25, -0.2) is 0 Å². The van der Waals surface area contributed by atoms with Crippen LogP contribution in [-0.4, -0.2) is 15.2 Å². The second kappa shape index (κ2) is 1.91. The van der Waals surface area contributed by atoms with Gasteiger partial charge in [-0.1, -0.05) is 0 Å². The normalized spacial score (nSPS) is 34.9. The second-order valence-corrected chi connectivity index (χ2v) is 4.41. The molecule has 1 heterocycles. The molecule has 1 aliphatic heterocycles. The molecule has 9 heavy (non-hydrogen) atoms. The highest BCUT2D eigenvalue weighted by atomic mass is 32.2. The van der Waals surface area contributed by atoms with Gasteiger partial charge in [0.2, 0.25) is 0 Å². The number of hydrogen-bond acceptors (Lipinski definition) is 4. The fourth-order valence-electron chi connectivity index (χ4n) is 0.461. The molecular weight excluding hydrogens is 158 g/mol. The SMILES string of the molecule is CC1(S)SC(=O)NC1=O. The van der Waals surface area contributed by atoms with Crippen molar-refractivity contribution in [3.63, 3.8) is 0 Å². The third-order valence-corrected chi connectivity index (χ3v) is 2.28. The lowest BCUT2D eigenvalue weighted by atomic mass is 10.4. The van der Waals surface area contributed by atoms with Crippen molar-refractivity contribution in [3.05, 3.63) is 0 Å². The van der Waals surface area contributed by atoms with E-state index in [4.69, 9.17) is 0 Å². The first-order chi connectivity index (χ1) is 4.02. The maximum Gasteiger partial charge on any atom is 0.287 e. The summed E-state index contributed by atoms with van der Waals surface area (Å²) in [6.45, 7) is 1.58. The van der Waals surface area contributed by atoms with Gasteiger partial charge in [0.1, 0.15) is 4.08 Å². The number of carbonyl (C=O) groups excluding carboxylic acids is 2. The van der Waals surface area contributed by atoms with Crippen molar-refractivity contribution in [2.24, 2.45) is 0 Å². The minimum atomic E-state index is -0.864.